The van der Waals surface area contributed by atoms with Crippen molar-refractivity contribution in [3.63, 3.8) is 0 Å². The van der Waals surface area contributed by atoms with Gasteiger partial charge in [-0.3, -0.25) is 14.9 Å². The fraction of sp³-hybridized carbons (Fsp3) is 0.115. The van der Waals surface area contributed by atoms with E-state index in [2.05, 4.69) is 0 Å². The Morgan fingerprint density at radius 1 is 0.848 bits per heavy atom. The first-order valence-corrected chi connectivity index (χ1v) is 10.3. The lowest BCUT2D eigenvalue weighted by Crippen LogP contribution is -2.08. The number of ether oxygens (including phenoxy) is 1. The normalized spacial score (nSPS) is 11.2. The van der Waals surface area contributed by atoms with Crippen molar-refractivity contribution in [2.45, 2.75) is 20.5 Å². The van der Waals surface area contributed by atoms with Crippen LogP contribution in [0.5, 0.6) is 5.75 Å². The minimum absolute atomic E-state index is 0.0261. The van der Waals surface area contributed by atoms with Gasteiger partial charge in [0.1, 0.15) is 35.0 Å². The van der Waals surface area contributed by atoms with E-state index in [1.54, 1.807) is 37.3 Å². The van der Waals surface area contributed by atoms with Gasteiger partial charge in [0.25, 0.3) is 5.69 Å². The average Bonchev–Trinajstić information content (AvgIpc) is 3.13. The van der Waals surface area contributed by atoms with Crippen LogP contribution >= 0.6 is 0 Å². The number of rotatable bonds is 5. The number of fused-ring (bicyclic) bond motifs is 2. The molecular formula is C26H19NO6. The summed E-state index contributed by atoms with van der Waals surface area (Å²) in [5.41, 5.74) is 3.06. The summed E-state index contributed by atoms with van der Waals surface area (Å²) in [7, 11) is 0. The number of benzene rings is 3. The van der Waals surface area contributed by atoms with E-state index >= 15 is 0 Å². The van der Waals surface area contributed by atoms with E-state index in [-0.39, 0.29) is 17.7 Å². The van der Waals surface area contributed by atoms with E-state index < -0.39 is 4.92 Å². The first-order chi connectivity index (χ1) is 15.9. The molecule has 0 spiro atoms. The maximum atomic E-state index is 13.4. The SMILES string of the molecule is Cc1oc2cc(OCc3ccc([N+](=O)[O-])cc3)ccc2c(=O)c1-c1c(C)oc2ccccc12. The number of hydrogen-bond donors (Lipinski definition) is 0. The maximum absolute atomic E-state index is 13.4. The van der Waals surface area contributed by atoms with Crippen molar-refractivity contribution in [2.75, 3.05) is 0 Å². The summed E-state index contributed by atoms with van der Waals surface area (Å²) in [5.74, 6) is 1.68. The second-order valence-electron chi connectivity index (χ2n) is 7.76. The molecule has 0 fully saturated rings. The molecule has 0 saturated carbocycles. The van der Waals surface area contributed by atoms with Gasteiger partial charge in [-0.15, -0.1) is 0 Å². The smallest absolute Gasteiger partial charge is 0.269 e. The molecule has 2 heterocycles. The van der Waals surface area contributed by atoms with E-state index in [9.17, 15) is 14.9 Å². The van der Waals surface area contributed by atoms with Crippen LogP contribution in [0.15, 0.2) is 80.4 Å². The number of para-hydroxylation sites is 1. The van der Waals surface area contributed by atoms with Crippen LogP contribution in [0, 0.1) is 24.0 Å². The summed E-state index contributed by atoms with van der Waals surface area (Å²) in [4.78, 5) is 23.8. The summed E-state index contributed by atoms with van der Waals surface area (Å²) in [6, 6.07) is 18.8. The molecule has 0 radical (unpaired) electrons. The van der Waals surface area contributed by atoms with Crippen molar-refractivity contribution in [2.24, 2.45) is 0 Å². The van der Waals surface area contributed by atoms with Gasteiger partial charge in [0.05, 0.1) is 15.9 Å². The van der Waals surface area contributed by atoms with E-state index in [0.29, 0.717) is 33.8 Å². The summed E-state index contributed by atoms with van der Waals surface area (Å²) in [6.45, 7) is 3.83. The monoisotopic (exact) mass is 441 g/mol. The van der Waals surface area contributed by atoms with Gasteiger partial charge in [-0.25, -0.2) is 0 Å². The summed E-state index contributed by atoms with van der Waals surface area (Å²) in [5, 5.41) is 12.1. The summed E-state index contributed by atoms with van der Waals surface area (Å²) < 4.78 is 17.7. The molecule has 164 valence electrons. The molecule has 7 nitrogen and oxygen atoms in total. The van der Waals surface area contributed by atoms with Crippen molar-refractivity contribution < 1.29 is 18.5 Å². The quantitative estimate of drug-likeness (QED) is 0.234. The molecule has 0 aliphatic carbocycles. The third-order valence-corrected chi connectivity index (χ3v) is 5.61. The molecule has 5 rings (SSSR count). The molecule has 0 atom stereocenters. The van der Waals surface area contributed by atoms with Crippen molar-refractivity contribution >= 4 is 27.6 Å². The third kappa shape index (κ3) is 3.63. The zero-order valence-electron chi connectivity index (χ0n) is 18.0. The molecule has 0 bridgehead atoms. The number of nitrogens with zero attached hydrogens (tertiary/aromatic N) is 1. The Balaban J connectivity index is 1.49. The van der Waals surface area contributed by atoms with Gasteiger partial charge in [-0.2, -0.15) is 0 Å². The molecule has 0 aliphatic rings. The molecular weight excluding hydrogens is 422 g/mol. The van der Waals surface area contributed by atoms with E-state index in [1.165, 1.54) is 12.1 Å². The van der Waals surface area contributed by atoms with E-state index in [0.717, 1.165) is 22.1 Å². The van der Waals surface area contributed by atoms with Gasteiger partial charge in [0, 0.05) is 29.1 Å². The van der Waals surface area contributed by atoms with Gasteiger partial charge in [0.15, 0.2) is 0 Å². The van der Waals surface area contributed by atoms with Gasteiger partial charge in [0.2, 0.25) is 5.43 Å². The van der Waals surface area contributed by atoms with E-state index in [4.69, 9.17) is 13.6 Å². The molecule has 0 amide bonds. The Labute approximate surface area is 188 Å². The number of non-ortho nitro benzene ring substituents is 1. The largest absolute Gasteiger partial charge is 0.489 e. The van der Waals surface area contributed by atoms with Gasteiger partial charge in [-0.05, 0) is 49.7 Å². The Kier molecular flexibility index (Phi) is 4.94. The molecule has 0 saturated heterocycles. The van der Waals surface area contributed by atoms with Crippen LogP contribution in [0.1, 0.15) is 17.1 Å². The second-order valence-corrected chi connectivity index (χ2v) is 7.76. The Morgan fingerprint density at radius 2 is 1.55 bits per heavy atom. The third-order valence-electron chi connectivity index (χ3n) is 5.61. The van der Waals surface area contributed by atoms with Crippen molar-refractivity contribution in [1.82, 2.24) is 0 Å². The molecule has 0 aliphatic heterocycles. The van der Waals surface area contributed by atoms with Crippen molar-refractivity contribution in [3.05, 3.63) is 104 Å². The van der Waals surface area contributed by atoms with Crippen LogP contribution in [0.2, 0.25) is 0 Å². The number of aryl methyl sites for hydroxylation is 2. The first kappa shape index (κ1) is 20.5. The lowest BCUT2D eigenvalue weighted by atomic mass is 9.99. The van der Waals surface area contributed by atoms with Crippen molar-refractivity contribution in [3.8, 4) is 16.9 Å². The average molecular weight is 441 g/mol. The highest BCUT2D eigenvalue weighted by molar-refractivity contribution is 5.98. The number of nitro groups is 1. The van der Waals surface area contributed by atoms with Gasteiger partial charge >= 0.3 is 0 Å². The van der Waals surface area contributed by atoms with Crippen molar-refractivity contribution in [1.29, 1.82) is 0 Å². The van der Waals surface area contributed by atoms with E-state index in [1.807, 2.05) is 31.2 Å². The van der Waals surface area contributed by atoms with Gasteiger partial charge in [-0.1, -0.05) is 18.2 Å². The highest BCUT2D eigenvalue weighted by Gasteiger charge is 2.21. The number of furan rings is 1. The minimum Gasteiger partial charge on any atom is -0.489 e. The predicted octanol–water partition coefficient (Wildman–Crippen LogP) is 6.31. The fourth-order valence-corrected chi connectivity index (χ4v) is 4.02. The zero-order valence-corrected chi connectivity index (χ0v) is 18.0. The molecule has 2 aromatic heterocycles. The topological polar surface area (TPSA) is 95.7 Å². The Morgan fingerprint density at radius 3 is 2.30 bits per heavy atom. The second kappa shape index (κ2) is 7.94. The molecule has 5 aromatic rings. The number of hydrogen-bond acceptors (Lipinski definition) is 6. The van der Waals surface area contributed by atoms with Gasteiger partial charge < -0.3 is 13.6 Å². The van der Waals surface area contributed by atoms with Crippen LogP contribution in [-0.4, -0.2) is 4.92 Å². The lowest BCUT2D eigenvalue weighted by Gasteiger charge is -2.10. The minimum atomic E-state index is -0.444. The number of nitro benzene ring substituents is 1. The molecule has 0 N–H and O–H groups in total. The standard InChI is InChI=1S/C26H19NO6/c1-15-24(20-5-3-4-6-22(20)32-15)25-16(2)33-23-13-19(11-12-21(23)26(25)28)31-14-17-7-9-18(10-8-17)27(29)30/h3-13H,14H2,1-2H3. The first-order valence-electron chi connectivity index (χ1n) is 10.3. The lowest BCUT2D eigenvalue weighted by molar-refractivity contribution is -0.384. The summed E-state index contributed by atoms with van der Waals surface area (Å²) >= 11 is 0. The molecule has 3 aromatic carbocycles. The van der Waals surface area contributed by atoms with Crippen LogP contribution in [0.25, 0.3) is 33.1 Å². The maximum Gasteiger partial charge on any atom is 0.269 e. The Bertz CT molecular complexity index is 1580. The van der Waals surface area contributed by atoms with Crippen LogP contribution in [0.4, 0.5) is 5.69 Å². The molecule has 7 heteroatoms. The molecule has 33 heavy (non-hydrogen) atoms. The fourth-order valence-electron chi connectivity index (χ4n) is 4.02. The molecule has 0 unspecified atom stereocenters. The highest BCUT2D eigenvalue weighted by Crippen LogP contribution is 2.35. The predicted molar refractivity (Wildman–Crippen MR) is 125 cm³/mol. The summed E-state index contributed by atoms with van der Waals surface area (Å²) in [6.07, 6.45) is 0. The zero-order chi connectivity index (χ0) is 23.1. The van der Waals surface area contributed by atoms with Crippen LogP contribution < -0.4 is 10.2 Å². The highest BCUT2D eigenvalue weighted by atomic mass is 16.6. The van der Waals surface area contributed by atoms with Crippen LogP contribution in [-0.2, 0) is 6.61 Å². The van der Waals surface area contributed by atoms with Crippen LogP contribution in [0.3, 0.4) is 0 Å². The Hall–Kier alpha value is -4.39.